The molecule has 0 saturated carbocycles. The quantitative estimate of drug-likeness (QED) is 0.236. The van der Waals surface area contributed by atoms with Crippen LogP contribution in [0.1, 0.15) is 37.0 Å². The summed E-state index contributed by atoms with van der Waals surface area (Å²) in [7, 11) is -4.17. The molecule has 0 saturated heterocycles. The number of ether oxygens (including phenoxy) is 2. The fourth-order valence-electron chi connectivity index (χ4n) is 3.47. The van der Waals surface area contributed by atoms with E-state index in [1.165, 1.54) is 11.5 Å². The van der Waals surface area contributed by atoms with Crippen molar-refractivity contribution in [2.75, 3.05) is 12.8 Å². The summed E-state index contributed by atoms with van der Waals surface area (Å²) in [6.07, 6.45) is 3.18. The largest absolute Gasteiger partial charge is 0.494 e. The summed E-state index contributed by atoms with van der Waals surface area (Å²) in [4.78, 5) is 29.7. The summed E-state index contributed by atoms with van der Waals surface area (Å²) in [6.45, 7) is 4.86. The smallest absolute Gasteiger partial charge is 0.333 e. The lowest BCUT2D eigenvalue weighted by molar-refractivity contribution is -0.151. The van der Waals surface area contributed by atoms with Crippen LogP contribution in [0.3, 0.4) is 0 Å². The average Bonchev–Trinajstić information content (AvgIpc) is 2.96. The Hall–Kier alpha value is -2.06. The maximum atomic E-state index is 11.8. The Bertz CT molecular complexity index is 867. The highest BCUT2D eigenvalue weighted by atomic mass is 31.2. The molecule has 2 unspecified atom stereocenters. The minimum atomic E-state index is -4.17. The third-order valence-electron chi connectivity index (χ3n) is 4.68. The van der Waals surface area contributed by atoms with Gasteiger partial charge in [-0.3, -0.25) is 9.13 Å². The van der Waals surface area contributed by atoms with Crippen molar-refractivity contribution < 1.29 is 38.8 Å². The highest BCUT2D eigenvalue weighted by Crippen LogP contribution is 2.57. The Balaban J connectivity index is 1.91. The van der Waals surface area contributed by atoms with E-state index in [0.717, 1.165) is 0 Å². The van der Waals surface area contributed by atoms with Gasteiger partial charge in [-0.2, -0.15) is 0 Å². The molecule has 1 aromatic rings. The van der Waals surface area contributed by atoms with Crippen molar-refractivity contribution in [3.05, 3.63) is 35.4 Å². The molecular formula is C17H22NO8P. The van der Waals surface area contributed by atoms with E-state index in [1.807, 2.05) is 6.08 Å². The highest BCUT2D eigenvalue weighted by Gasteiger charge is 2.52. The summed E-state index contributed by atoms with van der Waals surface area (Å²) >= 11 is 0. The number of aromatic hydroxyl groups is 2. The van der Waals surface area contributed by atoms with Crippen LogP contribution in [0.2, 0.25) is 0 Å². The lowest BCUT2D eigenvalue weighted by Crippen LogP contribution is -2.32. The van der Waals surface area contributed by atoms with E-state index in [1.54, 1.807) is 6.08 Å². The Morgan fingerprint density at radius 1 is 1.44 bits per heavy atom. The number of nitrogens with zero attached hydrogens (tertiary/aromatic N) is 1. The van der Waals surface area contributed by atoms with Crippen molar-refractivity contribution in [2.45, 2.75) is 38.0 Å². The van der Waals surface area contributed by atoms with E-state index in [0.29, 0.717) is 17.5 Å². The van der Waals surface area contributed by atoms with Crippen LogP contribution >= 0.6 is 7.60 Å². The zero-order valence-corrected chi connectivity index (χ0v) is 15.7. The molecule has 148 valence electrons. The molecule has 0 fully saturated rings. The molecule has 2 atom stereocenters. The number of fused-ring (bicyclic) bond motifs is 5. The first-order valence-electron chi connectivity index (χ1n) is 8.43. The fourth-order valence-corrected chi connectivity index (χ4v) is 4.03. The number of esters is 1. The topological polar surface area (TPSA) is 138 Å². The molecule has 0 aromatic carbocycles. The van der Waals surface area contributed by atoms with Gasteiger partial charge in [-0.1, -0.05) is 12.7 Å². The summed E-state index contributed by atoms with van der Waals surface area (Å²) < 4.78 is 23.4. The molecule has 4 N–H and O–H groups in total. The monoisotopic (exact) mass is 399 g/mol. The molecule has 0 aliphatic carbocycles. The Labute approximate surface area is 155 Å². The maximum Gasteiger partial charge on any atom is 0.333 e. The molecule has 3 rings (SSSR count). The molecule has 27 heavy (non-hydrogen) atoms. The number of rotatable bonds is 7. The second-order valence-electron chi connectivity index (χ2n) is 6.82. The number of carbonyl (C=O) groups is 1. The first kappa shape index (κ1) is 19.7. The van der Waals surface area contributed by atoms with Gasteiger partial charge in [0.05, 0.1) is 23.4 Å². The van der Waals surface area contributed by atoms with Crippen LogP contribution < -0.4 is 0 Å². The van der Waals surface area contributed by atoms with E-state index in [9.17, 15) is 19.6 Å². The van der Waals surface area contributed by atoms with E-state index in [-0.39, 0.29) is 43.1 Å². The second-order valence-corrected chi connectivity index (χ2v) is 8.60. The van der Waals surface area contributed by atoms with Crippen molar-refractivity contribution in [2.24, 2.45) is 0 Å². The number of hydrogen-bond donors (Lipinski definition) is 4. The molecule has 2 aliphatic heterocycles. The molecule has 2 aliphatic rings. The number of carbonyl (C=O) groups excluding carboxylic acids is 1. The zero-order chi connectivity index (χ0) is 20.0. The van der Waals surface area contributed by atoms with Crippen LogP contribution in [0.5, 0.6) is 11.8 Å². The maximum absolute atomic E-state index is 11.8. The normalized spacial score (nSPS) is 23.3. The minimum Gasteiger partial charge on any atom is -0.494 e. The van der Waals surface area contributed by atoms with Crippen molar-refractivity contribution in [3.63, 3.8) is 0 Å². The fraction of sp³-hybridized carbons (Fsp3) is 0.471. The minimum absolute atomic E-state index is 0.0217. The predicted octanol–water partition coefficient (Wildman–Crippen LogP) is 1.81. The highest BCUT2D eigenvalue weighted by molar-refractivity contribution is 7.51. The van der Waals surface area contributed by atoms with Crippen LogP contribution in [0, 0.1) is 0 Å². The molecule has 0 spiro atoms. The van der Waals surface area contributed by atoms with E-state index >= 15 is 0 Å². The van der Waals surface area contributed by atoms with Gasteiger partial charge in [0, 0.05) is 12.1 Å². The summed E-state index contributed by atoms with van der Waals surface area (Å²) in [5.74, 6) is -1.08. The molecule has 0 radical (unpaired) electrons. The van der Waals surface area contributed by atoms with E-state index in [2.05, 4.69) is 6.58 Å². The standard InChI is InChI=1S/C17H22NO8P/c1-10(2)16(21)25-9-17-6-3-5-11(26-17)12-13(17)15(20)18(14(12)19)7-4-8-27(22,23)24/h3,6,11,19-20H,1,4-5,7-9H2,2H3,(H2,22,23,24). The summed E-state index contributed by atoms with van der Waals surface area (Å²) in [6, 6.07) is 0. The van der Waals surface area contributed by atoms with Crippen LogP contribution in [-0.4, -0.2) is 43.3 Å². The van der Waals surface area contributed by atoms with Crippen molar-refractivity contribution >= 4 is 13.6 Å². The van der Waals surface area contributed by atoms with Gasteiger partial charge in [0.2, 0.25) is 5.88 Å². The van der Waals surface area contributed by atoms with Gasteiger partial charge in [0.25, 0.3) is 0 Å². The lowest BCUT2D eigenvalue weighted by atomic mass is 9.96. The second kappa shape index (κ2) is 6.83. The van der Waals surface area contributed by atoms with Gasteiger partial charge in [-0.15, -0.1) is 0 Å². The van der Waals surface area contributed by atoms with Crippen molar-refractivity contribution in [1.82, 2.24) is 4.57 Å². The van der Waals surface area contributed by atoms with Crippen molar-refractivity contribution in [3.8, 4) is 11.8 Å². The number of aromatic nitrogens is 1. The van der Waals surface area contributed by atoms with Gasteiger partial charge in [-0.05, 0) is 25.8 Å². The third kappa shape index (κ3) is 3.55. The van der Waals surface area contributed by atoms with Gasteiger partial charge in [-0.25, -0.2) is 4.79 Å². The first-order valence-corrected chi connectivity index (χ1v) is 10.2. The number of hydrogen-bond acceptors (Lipinski definition) is 6. The van der Waals surface area contributed by atoms with Crippen LogP contribution in [0.15, 0.2) is 24.3 Å². The molecule has 2 bridgehead atoms. The molecule has 10 heteroatoms. The van der Waals surface area contributed by atoms with Crippen LogP contribution in [0.25, 0.3) is 0 Å². The third-order valence-corrected chi connectivity index (χ3v) is 5.58. The lowest BCUT2D eigenvalue weighted by Gasteiger charge is -2.30. The summed E-state index contributed by atoms with van der Waals surface area (Å²) in [5.41, 5.74) is -0.285. The SMILES string of the molecule is C=C(C)C(=O)OCC12C=CCC(O1)c1c2c(O)n(CCCP(=O)(O)O)c1O. The Morgan fingerprint density at radius 2 is 2.15 bits per heavy atom. The first-order chi connectivity index (χ1) is 12.6. The van der Waals surface area contributed by atoms with Gasteiger partial charge >= 0.3 is 13.6 Å². The zero-order valence-electron chi connectivity index (χ0n) is 14.8. The van der Waals surface area contributed by atoms with E-state index in [4.69, 9.17) is 19.3 Å². The van der Waals surface area contributed by atoms with Gasteiger partial charge in [0.15, 0.2) is 11.5 Å². The predicted molar refractivity (Wildman–Crippen MR) is 94.3 cm³/mol. The molecule has 9 nitrogen and oxygen atoms in total. The Morgan fingerprint density at radius 3 is 2.78 bits per heavy atom. The van der Waals surface area contributed by atoms with Crippen LogP contribution in [-0.2, 0) is 31.0 Å². The molecule has 0 amide bonds. The molecule has 1 aromatic heterocycles. The van der Waals surface area contributed by atoms with Crippen molar-refractivity contribution in [1.29, 1.82) is 0 Å². The summed E-state index contributed by atoms with van der Waals surface area (Å²) in [5, 5.41) is 21.2. The van der Waals surface area contributed by atoms with Gasteiger partial charge in [0.1, 0.15) is 6.61 Å². The van der Waals surface area contributed by atoms with Crippen LogP contribution in [0.4, 0.5) is 0 Å². The molecular weight excluding hydrogens is 377 g/mol. The van der Waals surface area contributed by atoms with E-state index < -0.39 is 25.3 Å². The molecule has 3 heterocycles. The van der Waals surface area contributed by atoms with Gasteiger partial charge < -0.3 is 29.5 Å². The Kier molecular flexibility index (Phi) is 4.98. The average molecular weight is 399 g/mol.